The highest BCUT2D eigenvalue weighted by Gasteiger charge is 2.08. The fraction of sp³-hybridized carbons (Fsp3) is 0.143. The Kier molecular flexibility index (Phi) is 6.97. The van der Waals surface area contributed by atoms with Crippen molar-refractivity contribution in [2.24, 2.45) is 0 Å². The molecule has 0 bridgehead atoms. The van der Waals surface area contributed by atoms with Crippen molar-refractivity contribution in [1.29, 1.82) is 0 Å². The highest BCUT2D eigenvalue weighted by Crippen LogP contribution is 2.26. The van der Waals surface area contributed by atoms with E-state index in [9.17, 15) is 4.39 Å². The lowest BCUT2D eigenvalue weighted by Gasteiger charge is -2.14. The molecule has 1 N–H and O–H groups in total. The first-order valence-electron chi connectivity index (χ1n) is 8.32. The van der Waals surface area contributed by atoms with Crippen LogP contribution in [0.2, 0.25) is 15.1 Å². The average Bonchev–Trinajstić information content (AvgIpc) is 2.64. The molecule has 0 radical (unpaired) electrons. The number of hydrogen-bond donors (Lipinski definition) is 1. The molecule has 0 aromatic heterocycles. The van der Waals surface area contributed by atoms with Crippen molar-refractivity contribution in [2.75, 3.05) is 0 Å². The van der Waals surface area contributed by atoms with Gasteiger partial charge in [0.25, 0.3) is 0 Å². The second kappa shape index (κ2) is 9.43. The predicted molar refractivity (Wildman–Crippen MR) is 109 cm³/mol. The van der Waals surface area contributed by atoms with E-state index in [1.54, 1.807) is 12.1 Å². The quantitative estimate of drug-likeness (QED) is 0.458. The van der Waals surface area contributed by atoms with Gasteiger partial charge in [0.05, 0.1) is 5.02 Å². The molecule has 0 heterocycles. The molecule has 0 fully saturated rings. The molecule has 0 unspecified atom stereocenters. The first-order chi connectivity index (χ1) is 13.0. The molecule has 3 aromatic carbocycles. The molecule has 27 heavy (non-hydrogen) atoms. The summed E-state index contributed by atoms with van der Waals surface area (Å²) in [5.74, 6) is 0.311. The van der Waals surface area contributed by atoms with Gasteiger partial charge in [-0.25, -0.2) is 4.39 Å². The number of ether oxygens (including phenoxy) is 1. The number of hydrogen-bond acceptors (Lipinski definition) is 2. The summed E-state index contributed by atoms with van der Waals surface area (Å²) >= 11 is 18.4. The van der Waals surface area contributed by atoms with Crippen molar-refractivity contribution in [3.63, 3.8) is 0 Å². The zero-order valence-electron chi connectivity index (χ0n) is 14.3. The molecule has 2 nitrogen and oxygen atoms in total. The van der Waals surface area contributed by atoms with Crippen LogP contribution >= 0.6 is 34.8 Å². The van der Waals surface area contributed by atoms with E-state index in [1.807, 2.05) is 36.4 Å². The van der Waals surface area contributed by atoms with Crippen LogP contribution in [0.25, 0.3) is 0 Å². The third-order valence-corrected chi connectivity index (χ3v) is 4.97. The molecule has 0 spiro atoms. The maximum absolute atomic E-state index is 13.2. The highest BCUT2D eigenvalue weighted by atomic mass is 35.5. The van der Waals surface area contributed by atoms with Crippen LogP contribution in [-0.4, -0.2) is 0 Å². The Morgan fingerprint density at radius 2 is 1.56 bits per heavy atom. The van der Waals surface area contributed by atoms with Gasteiger partial charge in [0.1, 0.15) is 18.2 Å². The number of benzene rings is 3. The van der Waals surface area contributed by atoms with Crippen molar-refractivity contribution in [1.82, 2.24) is 5.32 Å². The minimum atomic E-state index is -0.375. The molecule has 0 aliphatic carbocycles. The topological polar surface area (TPSA) is 21.3 Å². The Balaban J connectivity index is 1.66. The van der Waals surface area contributed by atoms with Gasteiger partial charge in [-0.2, -0.15) is 0 Å². The Morgan fingerprint density at radius 1 is 0.778 bits per heavy atom. The van der Waals surface area contributed by atoms with Crippen LogP contribution in [0.5, 0.6) is 5.75 Å². The van der Waals surface area contributed by atoms with Crippen LogP contribution in [0.15, 0.2) is 60.7 Å². The molecule has 0 saturated carbocycles. The maximum atomic E-state index is 13.2. The molecular weight excluding hydrogens is 408 g/mol. The van der Waals surface area contributed by atoms with Gasteiger partial charge >= 0.3 is 0 Å². The number of rotatable bonds is 7. The Labute approximate surface area is 172 Å². The van der Waals surface area contributed by atoms with Crippen LogP contribution in [0.3, 0.4) is 0 Å². The Bertz CT molecular complexity index is 933. The molecule has 3 rings (SSSR count). The van der Waals surface area contributed by atoms with Gasteiger partial charge in [0.2, 0.25) is 0 Å². The number of nitrogens with one attached hydrogen (secondary N) is 1. The minimum absolute atomic E-state index is 0.234. The average molecular weight is 425 g/mol. The van der Waals surface area contributed by atoms with Gasteiger partial charge in [-0.15, -0.1) is 0 Å². The largest absolute Gasteiger partial charge is 0.489 e. The molecule has 0 atom stereocenters. The summed E-state index contributed by atoms with van der Waals surface area (Å²) in [6.45, 7) is 1.41. The molecule has 6 heteroatoms. The van der Waals surface area contributed by atoms with Crippen LogP contribution in [0.4, 0.5) is 4.39 Å². The summed E-state index contributed by atoms with van der Waals surface area (Å²) in [6, 6.07) is 17.4. The zero-order chi connectivity index (χ0) is 19.2. The van der Waals surface area contributed by atoms with E-state index >= 15 is 0 Å². The molecular formula is C21H17Cl3FNO. The third-order valence-electron chi connectivity index (χ3n) is 4.01. The summed E-state index contributed by atoms with van der Waals surface area (Å²) in [5, 5.41) is 5.02. The van der Waals surface area contributed by atoms with Gasteiger partial charge in [-0.05, 0) is 42.0 Å². The van der Waals surface area contributed by atoms with E-state index in [4.69, 9.17) is 39.5 Å². The van der Waals surface area contributed by atoms with Gasteiger partial charge < -0.3 is 10.1 Å². The Morgan fingerprint density at radius 3 is 2.33 bits per heavy atom. The van der Waals surface area contributed by atoms with Gasteiger partial charge in [-0.1, -0.05) is 59.1 Å². The summed E-state index contributed by atoms with van der Waals surface area (Å²) in [4.78, 5) is 0. The van der Waals surface area contributed by atoms with E-state index in [2.05, 4.69) is 5.32 Å². The normalized spacial score (nSPS) is 10.8. The maximum Gasteiger partial charge on any atom is 0.124 e. The van der Waals surface area contributed by atoms with Crippen molar-refractivity contribution < 1.29 is 9.13 Å². The molecule has 0 aliphatic heterocycles. The fourth-order valence-electron chi connectivity index (χ4n) is 2.59. The molecule has 0 saturated heterocycles. The van der Waals surface area contributed by atoms with Gasteiger partial charge in [-0.3, -0.25) is 0 Å². The summed E-state index contributed by atoms with van der Waals surface area (Å²) < 4.78 is 19.1. The van der Waals surface area contributed by atoms with E-state index in [0.29, 0.717) is 34.4 Å². The third kappa shape index (κ3) is 5.60. The second-order valence-corrected chi connectivity index (χ2v) is 7.22. The SMILES string of the molecule is Fc1ccc(COc2ccc(Cl)cc2CNCc2ccccc2Cl)c(Cl)c1. The highest BCUT2D eigenvalue weighted by molar-refractivity contribution is 6.31. The number of halogens is 4. The first kappa shape index (κ1) is 20.0. The van der Waals surface area contributed by atoms with Crippen LogP contribution in [-0.2, 0) is 19.7 Å². The van der Waals surface area contributed by atoms with E-state index in [1.165, 1.54) is 12.1 Å². The fourth-order valence-corrected chi connectivity index (χ4v) is 3.21. The monoisotopic (exact) mass is 423 g/mol. The summed E-state index contributed by atoms with van der Waals surface area (Å²) in [5.41, 5.74) is 2.64. The lowest BCUT2D eigenvalue weighted by atomic mass is 10.1. The van der Waals surface area contributed by atoms with Crippen molar-refractivity contribution in [3.05, 3.63) is 98.2 Å². The smallest absolute Gasteiger partial charge is 0.124 e. The van der Waals surface area contributed by atoms with E-state index in [0.717, 1.165) is 16.1 Å². The van der Waals surface area contributed by atoms with E-state index in [-0.39, 0.29) is 12.4 Å². The second-order valence-electron chi connectivity index (χ2n) is 5.97. The predicted octanol–water partition coefficient (Wildman–Crippen LogP) is 6.65. The summed E-state index contributed by atoms with van der Waals surface area (Å²) in [6.07, 6.45) is 0. The molecule has 0 amide bonds. The molecule has 0 aliphatic rings. The van der Waals surface area contributed by atoms with Crippen molar-refractivity contribution in [3.8, 4) is 5.75 Å². The Hall–Kier alpha value is -1.78. The van der Waals surface area contributed by atoms with Crippen LogP contribution < -0.4 is 10.1 Å². The standard InChI is InChI=1S/C21H17Cl3FNO/c22-17-6-8-21(27-13-15-5-7-18(25)10-20(15)24)16(9-17)12-26-11-14-3-1-2-4-19(14)23/h1-10,26H,11-13H2. The van der Waals surface area contributed by atoms with Gasteiger partial charge in [0.15, 0.2) is 0 Å². The van der Waals surface area contributed by atoms with Crippen LogP contribution in [0.1, 0.15) is 16.7 Å². The lowest BCUT2D eigenvalue weighted by Crippen LogP contribution is -2.14. The molecule has 3 aromatic rings. The van der Waals surface area contributed by atoms with Crippen molar-refractivity contribution >= 4 is 34.8 Å². The van der Waals surface area contributed by atoms with Gasteiger partial charge in [0, 0.05) is 34.3 Å². The summed E-state index contributed by atoms with van der Waals surface area (Å²) in [7, 11) is 0. The van der Waals surface area contributed by atoms with Crippen molar-refractivity contribution in [2.45, 2.75) is 19.7 Å². The van der Waals surface area contributed by atoms with E-state index < -0.39 is 0 Å². The minimum Gasteiger partial charge on any atom is -0.489 e. The zero-order valence-corrected chi connectivity index (χ0v) is 16.6. The molecule has 140 valence electrons. The lowest BCUT2D eigenvalue weighted by molar-refractivity contribution is 0.302. The van der Waals surface area contributed by atoms with Crippen LogP contribution in [0, 0.1) is 5.82 Å². The first-order valence-corrected chi connectivity index (χ1v) is 9.45.